The predicted octanol–water partition coefficient (Wildman–Crippen LogP) is 3.83. The van der Waals surface area contributed by atoms with Gasteiger partial charge in [-0.1, -0.05) is 18.2 Å². The molecule has 2 heterocycles. The van der Waals surface area contributed by atoms with Crippen LogP contribution >= 0.6 is 0 Å². The number of fused-ring (bicyclic) bond motifs is 1. The Balaban J connectivity index is 2.10. The van der Waals surface area contributed by atoms with E-state index in [1.165, 1.54) is 0 Å². The lowest BCUT2D eigenvalue weighted by Crippen LogP contribution is -2.02. The number of aromatic nitrogens is 1. The maximum absolute atomic E-state index is 10.6. The zero-order valence-electron chi connectivity index (χ0n) is 11.8. The fourth-order valence-corrected chi connectivity index (χ4v) is 2.62. The van der Waals surface area contributed by atoms with E-state index >= 15 is 0 Å². The number of hydrogen-bond donors (Lipinski definition) is 1. The van der Waals surface area contributed by atoms with Crippen molar-refractivity contribution in [3.05, 3.63) is 64.7 Å². The van der Waals surface area contributed by atoms with Gasteiger partial charge in [0.15, 0.2) is 0 Å². The molecule has 0 saturated heterocycles. The van der Waals surface area contributed by atoms with Gasteiger partial charge in [0.25, 0.3) is 0 Å². The van der Waals surface area contributed by atoms with Gasteiger partial charge in [-0.25, -0.2) is 0 Å². The summed E-state index contributed by atoms with van der Waals surface area (Å²) in [5.41, 5.74) is 3.57. The van der Waals surface area contributed by atoms with Gasteiger partial charge in [0.05, 0.1) is 5.52 Å². The second kappa shape index (κ2) is 4.76. The van der Waals surface area contributed by atoms with Crippen molar-refractivity contribution < 1.29 is 9.52 Å². The van der Waals surface area contributed by atoms with Crippen molar-refractivity contribution in [3.63, 3.8) is 0 Å². The van der Waals surface area contributed by atoms with Gasteiger partial charge >= 0.3 is 0 Å². The number of benzene rings is 1. The molecular weight excluding hydrogens is 250 g/mol. The first-order valence-electron chi connectivity index (χ1n) is 6.67. The minimum Gasteiger partial charge on any atom is -0.466 e. The molecule has 3 aromatic rings. The van der Waals surface area contributed by atoms with Crippen molar-refractivity contribution in [2.75, 3.05) is 0 Å². The molecule has 20 heavy (non-hydrogen) atoms. The van der Waals surface area contributed by atoms with E-state index in [4.69, 9.17) is 4.42 Å². The SMILES string of the molecule is Cc1oc(C)c(C(O)c2cnc3ccccc3c2)c1C. The van der Waals surface area contributed by atoms with Crippen LogP contribution in [0.2, 0.25) is 0 Å². The fraction of sp³-hybridized carbons (Fsp3) is 0.235. The summed E-state index contributed by atoms with van der Waals surface area (Å²) in [7, 11) is 0. The van der Waals surface area contributed by atoms with E-state index in [-0.39, 0.29) is 0 Å². The van der Waals surface area contributed by atoms with Gasteiger partial charge in [0, 0.05) is 22.7 Å². The molecule has 1 unspecified atom stereocenters. The Morgan fingerprint density at radius 2 is 1.85 bits per heavy atom. The van der Waals surface area contributed by atoms with Crippen LogP contribution in [-0.2, 0) is 0 Å². The second-order valence-corrected chi connectivity index (χ2v) is 5.12. The molecule has 1 atom stereocenters. The van der Waals surface area contributed by atoms with Gasteiger partial charge in [-0.3, -0.25) is 4.98 Å². The highest BCUT2D eigenvalue weighted by molar-refractivity contribution is 5.78. The molecule has 3 nitrogen and oxygen atoms in total. The molecule has 102 valence electrons. The number of para-hydroxylation sites is 1. The number of hydrogen-bond acceptors (Lipinski definition) is 3. The maximum atomic E-state index is 10.6. The fourth-order valence-electron chi connectivity index (χ4n) is 2.62. The third kappa shape index (κ3) is 2.00. The Morgan fingerprint density at radius 1 is 1.10 bits per heavy atom. The first kappa shape index (κ1) is 12.9. The number of furan rings is 1. The van der Waals surface area contributed by atoms with E-state index in [1.54, 1.807) is 6.20 Å². The zero-order chi connectivity index (χ0) is 14.3. The summed E-state index contributed by atoms with van der Waals surface area (Å²) in [6.07, 6.45) is 1.03. The highest BCUT2D eigenvalue weighted by Gasteiger charge is 2.21. The quantitative estimate of drug-likeness (QED) is 0.767. The molecule has 1 aromatic carbocycles. The van der Waals surface area contributed by atoms with Crippen molar-refractivity contribution in [3.8, 4) is 0 Å². The minimum atomic E-state index is -0.704. The lowest BCUT2D eigenvalue weighted by atomic mass is 9.98. The predicted molar refractivity (Wildman–Crippen MR) is 78.7 cm³/mol. The van der Waals surface area contributed by atoms with Crippen LogP contribution in [0.1, 0.15) is 34.3 Å². The van der Waals surface area contributed by atoms with E-state index in [1.807, 2.05) is 51.1 Å². The average Bonchev–Trinajstić information content (AvgIpc) is 2.71. The lowest BCUT2D eigenvalue weighted by molar-refractivity contribution is 0.217. The summed E-state index contributed by atoms with van der Waals surface area (Å²) < 4.78 is 5.59. The highest BCUT2D eigenvalue weighted by Crippen LogP contribution is 2.31. The third-order valence-corrected chi connectivity index (χ3v) is 3.82. The molecule has 0 saturated carbocycles. The van der Waals surface area contributed by atoms with Crippen LogP contribution in [0.25, 0.3) is 10.9 Å². The molecule has 2 aromatic heterocycles. The van der Waals surface area contributed by atoms with Crippen molar-refractivity contribution in [2.24, 2.45) is 0 Å². The van der Waals surface area contributed by atoms with Crippen LogP contribution in [-0.4, -0.2) is 10.1 Å². The Bertz CT molecular complexity index is 774. The van der Waals surface area contributed by atoms with Gasteiger partial charge < -0.3 is 9.52 Å². The minimum absolute atomic E-state index is 0.704. The Hall–Kier alpha value is -2.13. The molecule has 0 amide bonds. The Kier molecular flexibility index (Phi) is 3.07. The number of aliphatic hydroxyl groups excluding tert-OH is 1. The summed E-state index contributed by atoms with van der Waals surface area (Å²) in [4.78, 5) is 4.40. The summed E-state index contributed by atoms with van der Waals surface area (Å²) >= 11 is 0. The standard InChI is InChI=1S/C17H17NO2/c1-10-11(2)20-12(3)16(10)17(19)14-8-13-6-4-5-7-15(13)18-9-14/h4-9,17,19H,1-3H3. The first-order valence-corrected chi connectivity index (χ1v) is 6.67. The molecule has 0 aliphatic carbocycles. The number of rotatable bonds is 2. The van der Waals surface area contributed by atoms with Crippen LogP contribution in [0.3, 0.4) is 0 Å². The molecule has 0 aliphatic rings. The summed E-state index contributed by atoms with van der Waals surface area (Å²) in [6, 6.07) is 9.87. The molecule has 0 aliphatic heterocycles. The molecule has 1 N–H and O–H groups in total. The third-order valence-electron chi connectivity index (χ3n) is 3.82. The van der Waals surface area contributed by atoms with Gasteiger partial charge in [-0.2, -0.15) is 0 Å². The van der Waals surface area contributed by atoms with Crippen molar-refractivity contribution in [1.29, 1.82) is 0 Å². The summed E-state index contributed by atoms with van der Waals surface area (Å²) in [5, 5.41) is 11.7. The van der Waals surface area contributed by atoms with Crippen LogP contribution < -0.4 is 0 Å². The monoisotopic (exact) mass is 267 g/mol. The summed E-state index contributed by atoms with van der Waals surface area (Å²) in [6.45, 7) is 5.77. The molecule has 3 heteroatoms. The van der Waals surface area contributed by atoms with Gasteiger partial charge in [0.2, 0.25) is 0 Å². The number of nitrogens with zero attached hydrogens (tertiary/aromatic N) is 1. The molecule has 0 fully saturated rings. The van der Waals surface area contributed by atoms with E-state index in [2.05, 4.69) is 4.98 Å². The normalized spacial score (nSPS) is 12.8. The van der Waals surface area contributed by atoms with Crippen molar-refractivity contribution in [2.45, 2.75) is 26.9 Å². The summed E-state index contributed by atoms with van der Waals surface area (Å²) in [5.74, 6) is 1.62. The molecule has 3 rings (SSSR count). The van der Waals surface area contributed by atoms with E-state index < -0.39 is 6.10 Å². The van der Waals surface area contributed by atoms with E-state index in [0.717, 1.165) is 39.1 Å². The van der Waals surface area contributed by atoms with Crippen molar-refractivity contribution >= 4 is 10.9 Å². The largest absolute Gasteiger partial charge is 0.466 e. The van der Waals surface area contributed by atoms with Gasteiger partial charge in [-0.15, -0.1) is 0 Å². The topological polar surface area (TPSA) is 46.3 Å². The molecule has 0 radical (unpaired) electrons. The van der Waals surface area contributed by atoms with Gasteiger partial charge in [0.1, 0.15) is 17.6 Å². The van der Waals surface area contributed by atoms with Crippen molar-refractivity contribution in [1.82, 2.24) is 4.98 Å². The van der Waals surface area contributed by atoms with E-state index in [9.17, 15) is 5.11 Å². The van der Waals surface area contributed by atoms with Gasteiger partial charge in [-0.05, 0) is 38.5 Å². The first-order chi connectivity index (χ1) is 9.58. The second-order valence-electron chi connectivity index (χ2n) is 5.12. The number of pyridine rings is 1. The number of aliphatic hydroxyl groups is 1. The average molecular weight is 267 g/mol. The molecular formula is C17H17NO2. The Labute approximate surface area is 117 Å². The molecule has 0 spiro atoms. The van der Waals surface area contributed by atoms with Crippen LogP contribution in [0, 0.1) is 20.8 Å². The van der Waals surface area contributed by atoms with Crippen LogP contribution in [0.4, 0.5) is 0 Å². The molecule has 0 bridgehead atoms. The Morgan fingerprint density at radius 3 is 2.55 bits per heavy atom. The lowest BCUT2D eigenvalue weighted by Gasteiger charge is -2.12. The maximum Gasteiger partial charge on any atom is 0.109 e. The zero-order valence-corrected chi connectivity index (χ0v) is 11.8. The van der Waals surface area contributed by atoms with Crippen LogP contribution in [0.15, 0.2) is 40.9 Å². The smallest absolute Gasteiger partial charge is 0.109 e. The highest BCUT2D eigenvalue weighted by atomic mass is 16.3. The number of aryl methyl sites for hydroxylation is 2. The van der Waals surface area contributed by atoms with E-state index in [0.29, 0.717) is 0 Å². The van der Waals surface area contributed by atoms with Crippen LogP contribution in [0.5, 0.6) is 0 Å².